The van der Waals surface area contributed by atoms with Crippen molar-refractivity contribution in [1.82, 2.24) is 4.90 Å². The molecule has 0 aromatic carbocycles. The number of hydrogen-bond acceptors (Lipinski definition) is 2. The van der Waals surface area contributed by atoms with Crippen molar-refractivity contribution in [3.8, 4) is 0 Å². The number of carbonyl (C=O) groups is 1. The fraction of sp³-hybridized carbons (Fsp3) is 0.700. The molecule has 0 N–H and O–H groups in total. The third kappa shape index (κ3) is 3.18. The fourth-order valence-corrected chi connectivity index (χ4v) is 1.62. The van der Waals surface area contributed by atoms with Gasteiger partial charge < -0.3 is 4.90 Å². The average Bonchev–Trinajstić information content (AvgIpc) is 2.09. The quantitative estimate of drug-likeness (QED) is 0.468. The molecule has 0 saturated carbocycles. The molecule has 12 heavy (non-hydrogen) atoms. The predicted octanol–water partition coefficient (Wildman–Crippen LogP) is 1.47. The minimum Gasteiger partial charge on any atom is -0.306 e. The summed E-state index contributed by atoms with van der Waals surface area (Å²) in [5, 5.41) is 0. The van der Waals surface area contributed by atoms with Gasteiger partial charge in [0, 0.05) is 0 Å². The van der Waals surface area contributed by atoms with Crippen LogP contribution in [0.15, 0.2) is 12.2 Å². The van der Waals surface area contributed by atoms with E-state index in [0.717, 1.165) is 18.6 Å². The van der Waals surface area contributed by atoms with E-state index in [0.29, 0.717) is 0 Å². The summed E-state index contributed by atoms with van der Waals surface area (Å²) in [6.07, 6.45) is 8.09. The largest absolute Gasteiger partial charge is 0.306 e. The first-order chi connectivity index (χ1) is 5.83. The Labute approximate surface area is 74.2 Å². The van der Waals surface area contributed by atoms with Crippen LogP contribution in [0.4, 0.5) is 0 Å². The van der Waals surface area contributed by atoms with Crippen LogP contribution < -0.4 is 0 Å². The zero-order valence-electron chi connectivity index (χ0n) is 7.70. The maximum Gasteiger partial charge on any atom is 0.142 e. The summed E-state index contributed by atoms with van der Waals surface area (Å²) in [5.41, 5.74) is 0. The highest BCUT2D eigenvalue weighted by Gasteiger charge is 2.14. The number of aldehydes is 1. The van der Waals surface area contributed by atoms with E-state index < -0.39 is 0 Å². The molecule has 1 heterocycles. The molecule has 2 heteroatoms. The monoisotopic (exact) mass is 167 g/mol. The lowest BCUT2D eigenvalue weighted by atomic mass is 9.94. The molecule has 2 nitrogen and oxygen atoms in total. The third-order valence-electron chi connectivity index (χ3n) is 2.52. The van der Waals surface area contributed by atoms with Crippen molar-refractivity contribution in [1.29, 1.82) is 0 Å². The molecule has 1 aliphatic heterocycles. The minimum absolute atomic E-state index is 0.803. The molecule has 0 atom stereocenters. The zero-order chi connectivity index (χ0) is 8.81. The Bertz CT molecular complexity index is 157. The second-order valence-corrected chi connectivity index (χ2v) is 3.55. The van der Waals surface area contributed by atoms with Crippen molar-refractivity contribution >= 4 is 6.29 Å². The number of hydrogen-bond donors (Lipinski definition) is 0. The highest BCUT2D eigenvalue weighted by molar-refractivity contribution is 5.64. The third-order valence-corrected chi connectivity index (χ3v) is 2.52. The maximum absolute atomic E-state index is 10.0. The van der Waals surface area contributed by atoms with Crippen LogP contribution in [-0.4, -0.2) is 31.3 Å². The summed E-state index contributed by atoms with van der Waals surface area (Å²) in [6.45, 7) is 2.42. The molecule has 0 aliphatic carbocycles. The summed E-state index contributed by atoms with van der Waals surface area (Å²) >= 11 is 0. The van der Waals surface area contributed by atoms with Gasteiger partial charge in [0.25, 0.3) is 0 Å². The lowest BCUT2D eigenvalue weighted by molar-refractivity contribution is -0.104. The lowest BCUT2D eigenvalue weighted by Crippen LogP contribution is -2.29. The fourth-order valence-electron chi connectivity index (χ4n) is 1.62. The van der Waals surface area contributed by atoms with Crippen molar-refractivity contribution < 1.29 is 4.79 Å². The number of nitrogens with zero attached hydrogens (tertiary/aromatic N) is 1. The van der Waals surface area contributed by atoms with Crippen molar-refractivity contribution in [2.45, 2.75) is 19.3 Å². The molecule has 0 aromatic heterocycles. The Hall–Kier alpha value is -0.630. The normalized spacial score (nSPS) is 21.8. The molecule has 0 unspecified atom stereocenters. The van der Waals surface area contributed by atoms with Gasteiger partial charge in [0.15, 0.2) is 0 Å². The highest BCUT2D eigenvalue weighted by Crippen LogP contribution is 2.19. The molecule has 0 amide bonds. The van der Waals surface area contributed by atoms with E-state index in [2.05, 4.69) is 11.9 Å². The molecule has 1 fully saturated rings. The van der Waals surface area contributed by atoms with E-state index in [1.54, 1.807) is 6.08 Å². The zero-order valence-corrected chi connectivity index (χ0v) is 7.70. The Balaban J connectivity index is 2.17. The second-order valence-electron chi connectivity index (χ2n) is 3.55. The Morgan fingerprint density at radius 3 is 2.67 bits per heavy atom. The summed E-state index contributed by atoms with van der Waals surface area (Å²) in [5.74, 6) is 0.803. The predicted molar refractivity (Wildman–Crippen MR) is 50.0 cm³/mol. The highest BCUT2D eigenvalue weighted by atomic mass is 16.1. The summed E-state index contributed by atoms with van der Waals surface area (Å²) in [7, 11) is 2.16. The van der Waals surface area contributed by atoms with Gasteiger partial charge in [-0.25, -0.2) is 0 Å². The molecular formula is C10H17NO. The van der Waals surface area contributed by atoms with Gasteiger partial charge in [-0.1, -0.05) is 6.08 Å². The van der Waals surface area contributed by atoms with Gasteiger partial charge in [0.05, 0.1) is 0 Å². The lowest BCUT2D eigenvalue weighted by Gasteiger charge is -2.28. The summed E-state index contributed by atoms with van der Waals surface area (Å²) in [4.78, 5) is 12.4. The molecule has 0 radical (unpaired) electrons. The topological polar surface area (TPSA) is 20.3 Å². The first-order valence-electron chi connectivity index (χ1n) is 4.62. The van der Waals surface area contributed by atoms with E-state index >= 15 is 0 Å². The minimum atomic E-state index is 0.803. The van der Waals surface area contributed by atoms with Gasteiger partial charge in [0.2, 0.25) is 0 Å². The van der Waals surface area contributed by atoms with Crippen molar-refractivity contribution in [2.75, 3.05) is 20.1 Å². The van der Waals surface area contributed by atoms with Crippen LogP contribution in [0, 0.1) is 5.92 Å². The van der Waals surface area contributed by atoms with Crippen LogP contribution >= 0.6 is 0 Å². The molecule has 0 aromatic rings. The Morgan fingerprint density at radius 1 is 1.42 bits per heavy atom. The average molecular weight is 167 g/mol. The van der Waals surface area contributed by atoms with E-state index in [1.807, 2.05) is 6.08 Å². The second kappa shape index (κ2) is 5.09. The van der Waals surface area contributed by atoms with Crippen LogP contribution in [0.3, 0.4) is 0 Å². The number of rotatable bonds is 3. The van der Waals surface area contributed by atoms with Crippen LogP contribution in [0.25, 0.3) is 0 Å². The number of allylic oxidation sites excluding steroid dienone is 2. The molecular weight excluding hydrogens is 150 g/mol. The van der Waals surface area contributed by atoms with Crippen molar-refractivity contribution in [2.24, 2.45) is 5.92 Å². The molecule has 68 valence electrons. The van der Waals surface area contributed by atoms with E-state index in [9.17, 15) is 4.79 Å². The first kappa shape index (κ1) is 9.46. The maximum atomic E-state index is 10.0. The SMILES string of the molecule is CN1CCC(C/C=C\C=O)CC1. The summed E-state index contributed by atoms with van der Waals surface area (Å²) < 4.78 is 0. The van der Waals surface area contributed by atoms with Crippen LogP contribution in [0.5, 0.6) is 0 Å². The van der Waals surface area contributed by atoms with Gasteiger partial charge in [-0.3, -0.25) is 4.79 Å². The van der Waals surface area contributed by atoms with Crippen LogP contribution in [-0.2, 0) is 4.79 Å². The standard InChI is InChI=1S/C10H17NO/c1-11-7-5-10(6-8-11)4-2-3-9-12/h2-3,9-10H,4-8H2,1H3/b3-2-. The molecule has 0 bridgehead atoms. The molecule has 0 spiro atoms. The number of likely N-dealkylation sites (tertiary alicyclic amines) is 1. The van der Waals surface area contributed by atoms with Gasteiger partial charge in [0.1, 0.15) is 6.29 Å². The van der Waals surface area contributed by atoms with Crippen molar-refractivity contribution in [3.63, 3.8) is 0 Å². The van der Waals surface area contributed by atoms with E-state index in [-0.39, 0.29) is 0 Å². The van der Waals surface area contributed by atoms with Gasteiger partial charge >= 0.3 is 0 Å². The number of carbonyl (C=O) groups excluding carboxylic acids is 1. The van der Waals surface area contributed by atoms with Crippen molar-refractivity contribution in [3.05, 3.63) is 12.2 Å². The smallest absolute Gasteiger partial charge is 0.142 e. The number of piperidine rings is 1. The molecule has 1 aliphatic rings. The van der Waals surface area contributed by atoms with E-state index in [1.165, 1.54) is 25.9 Å². The van der Waals surface area contributed by atoms with Gasteiger partial charge in [-0.05, 0) is 51.4 Å². The summed E-state index contributed by atoms with van der Waals surface area (Å²) in [6, 6.07) is 0. The van der Waals surface area contributed by atoms with E-state index in [4.69, 9.17) is 0 Å². The first-order valence-corrected chi connectivity index (χ1v) is 4.62. The van der Waals surface area contributed by atoms with Gasteiger partial charge in [-0.2, -0.15) is 0 Å². The molecule has 1 saturated heterocycles. The van der Waals surface area contributed by atoms with Crippen LogP contribution in [0.1, 0.15) is 19.3 Å². The Kier molecular flexibility index (Phi) is 4.01. The Morgan fingerprint density at radius 2 is 2.08 bits per heavy atom. The molecule has 1 rings (SSSR count). The van der Waals surface area contributed by atoms with Crippen LogP contribution in [0.2, 0.25) is 0 Å². The van der Waals surface area contributed by atoms with Gasteiger partial charge in [-0.15, -0.1) is 0 Å².